The lowest BCUT2D eigenvalue weighted by Crippen LogP contribution is -2.32. The molecule has 1 aliphatic heterocycles. The summed E-state index contributed by atoms with van der Waals surface area (Å²) in [4.78, 5) is 41.7. The van der Waals surface area contributed by atoms with E-state index in [2.05, 4.69) is 4.72 Å². The van der Waals surface area contributed by atoms with E-state index in [1.54, 1.807) is 12.1 Å². The molecule has 31 heavy (non-hydrogen) atoms. The Morgan fingerprint density at radius 1 is 0.839 bits per heavy atom. The topological polar surface area (TPSA) is 110 Å². The van der Waals surface area contributed by atoms with Gasteiger partial charge in [0.1, 0.15) is 5.82 Å². The summed E-state index contributed by atoms with van der Waals surface area (Å²) in [6.45, 7) is 0. The third-order valence-electron chi connectivity index (χ3n) is 4.43. The number of hydroxylamine groups is 2. The Morgan fingerprint density at radius 3 is 1.94 bits per heavy atom. The van der Waals surface area contributed by atoms with Gasteiger partial charge in [-0.15, -0.1) is 0 Å². The van der Waals surface area contributed by atoms with E-state index >= 15 is 0 Å². The van der Waals surface area contributed by atoms with Crippen LogP contribution in [0.2, 0.25) is 0 Å². The summed E-state index contributed by atoms with van der Waals surface area (Å²) in [6, 6.07) is 15.5. The molecule has 0 saturated heterocycles. The molecule has 4 rings (SSSR count). The predicted octanol–water partition coefficient (Wildman–Crippen LogP) is 2.99. The lowest BCUT2D eigenvalue weighted by atomic mass is 10.1. The van der Waals surface area contributed by atoms with E-state index in [-0.39, 0.29) is 27.3 Å². The van der Waals surface area contributed by atoms with E-state index in [1.807, 2.05) is 0 Å². The molecular formula is C21H13FN2O6S. The van der Waals surface area contributed by atoms with Crippen molar-refractivity contribution in [3.05, 3.63) is 95.3 Å². The second-order valence-electron chi connectivity index (χ2n) is 6.47. The first-order valence-corrected chi connectivity index (χ1v) is 10.3. The van der Waals surface area contributed by atoms with Gasteiger partial charge < -0.3 is 4.84 Å². The van der Waals surface area contributed by atoms with Crippen LogP contribution in [-0.2, 0) is 14.9 Å². The summed E-state index contributed by atoms with van der Waals surface area (Å²) < 4.78 is 40.1. The van der Waals surface area contributed by atoms with E-state index < -0.39 is 33.6 Å². The third kappa shape index (κ3) is 3.88. The molecule has 0 unspecified atom stereocenters. The number of imide groups is 1. The fraction of sp³-hybridized carbons (Fsp3) is 0. The number of hydrogen-bond acceptors (Lipinski definition) is 6. The summed E-state index contributed by atoms with van der Waals surface area (Å²) in [6.07, 6.45) is 0. The Bertz CT molecular complexity index is 1270. The molecule has 1 N–H and O–H groups in total. The van der Waals surface area contributed by atoms with Gasteiger partial charge in [0.2, 0.25) is 0 Å². The zero-order valence-electron chi connectivity index (χ0n) is 15.6. The molecular weight excluding hydrogens is 427 g/mol. The highest BCUT2D eigenvalue weighted by atomic mass is 32.2. The molecule has 3 aromatic carbocycles. The van der Waals surface area contributed by atoms with Gasteiger partial charge in [-0.2, -0.15) is 0 Å². The first kappa shape index (κ1) is 20.2. The SMILES string of the molecule is O=C(ON1C(=O)c2ccccc2C1=O)c1ccc(S(=O)(=O)Nc2ccc(F)cc2)cc1. The van der Waals surface area contributed by atoms with Gasteiger partial charge in [-0.1, -0.05) is 17.2 Å². The molecule has 0 saturated carbocycles. The van der Waals surface area contributed by atoms with Crippen LogP contribution in [0.1, 0.15) is 31.1 Å². The average molecular weight is 440 g/mol. The van der Waals surface area contributed by atoms with Gasteiger partial charge >= 0.3 is 5.97 Å². The van der Waals surface area contributed by atoms with Gasteiger partial charge in [-0.05, 0) is 60.7 Å². The Labute approximate surface area is 175 Å². The highest BCUT2D eigenvalue weighted by Gasteiger charge is 2.38. The maximum atomic E-state index is 13.0. The number of amides is 2. The van der Waals surface area contributed by atoms with Gasteiger partial charge in [0.25, 0.3) is 21.8 Å². The van der Waals surface area contributed by atoms with Gasteiger partial charge in [0.05, 0.1) is 21.6 Å². The van der Waals surface area contributed by atoms with E-state index in [1.165, 1.54) is 36.4 Å². The first-order chi connectivity index (χ1) is 14.8. The molecule has 0 aromatic heterocycles. The number of nitrogens with one attached hydrogen (secondary N) is 1. The summed E-state index contributed by atoms with van der Waals surface area (Å²) >= 11 is 0. The predicted molar refractivity (Wildman–Crippen MR) is 106 cm³/mol. The number of fused-ring (bicyclic) bond motifs is 1. The monoisotopic (exact) mass is 440 g/mol. The summed E-state index contributed by atoms with van der Waals surface area (Å²) in [5.74, 6) is -3.05. The van der Waals surface area contributed by atoms with Gasteiger partial charge in [-0.25, -0.2) is 17.6 Å². The van der Waals surface area contributed by atoms with Crippen molar-refractivity contribution in [3.8, 4) is 0 Å². The molecule has 8 nitrogen and oxygen atoms in total. The van der Waals surface area contributed by atoms with Crippen LogP contribution in [0.3, 0.4) is 0 Å². The van der Waals surface area contributed by atoms with E-state index in [0.717, 1.165) is 24.3 Å². The Balaban J connectivity index is 1.48. The van der Waals surface area contributed by atoms with Crippen LogP contribution < -0.4 is 4.72 Å². The number of rotatable bonds is 5. The number of sulfonamides is 1. The summed E-state index contributed by atoms with van der Waals surface area (Å²) in [5, 5.41) is 0.369. The lowest BCUT2D eigenvalue weighted by Gasteiger charge is -2.13. The number of carbonyl (C=O) groups excluding carboxylic acids is 3. The summed E-state index contributed by atoms with van der Waals surface area (Å²) in [7, 11) is -3.99. The average Bonchev–Trinajstić information content (AvgIpc) is 3.00. The number of anilines is 1. The van der Waals surface area contributed by atoms with E-state index in [9.17, 15) is 27.2 Å². The molecule has 0 spiro atoms. The normalized spacial score (nSPS) is 13.1. The van der Waals surface area contributed by atoms with Crippen molar-refractivity contribution in [1.29, 1.82) is 0 Å². The molecule has 1 heterocycles. The number of nitrogens with zero attached hydrogens (tertiary/aromatic N) is 1. The van der Waals surface area contributed by atoms with Crippen molar-refractivity contribution in [2.24, 2.45) is 0 Å². The fourth-order valence-electron chi connectivity index (χ4n) is 2.89. The third-order valence-corrected chi connectivity index (χ3v) is 5.82. The minimum absolute atomic E-state index is 0.0720. The number of benzene rings is 3. The molecule has 10 heteroatoms. The second-order valence-corrected chi connectivity index (χ2v) is 8.15. The zero-order valence-corrected chi connectivity index (χ0v) is 16.4. The van der Waals surface area contributed by atoms with Gasteiger partial charge in [0, 0.05) is 5.69 Å². The molecule has 2 amide bonds. The van der Waals surface area contributed by atoms with Crippen LogP contribution in [-0.4, -0.2) is 31.3 Å². The minimum atomic E-state index is -3.99. The smallest absolute Gasteiger partial charge is 0.324 e. The maximum Gasteiger partial charge on any atom is 0.363 e. The van der Waals surface area contributed by atoms with Crippen LogP contribution in [0.4, 0.5) is 10.1 Å². The Kier molecular flexibility index (Phi) is 4.99. The highest BCUT2D eigenvalue weighted by Crippen LogP contribution is 2.24. The Morgan fingerprint density at radius 2 is 1.39 bits per heavy atom. The van der Waals surface area contributed by atoms with Gasteiger partial charge in [-0.3, -0.25) is 14.3 Å². The lowest BCUT2D eigenvalue weighted by molar-refractivity contribution is -0.0584. The maximum absolute atomic E-state index is 13.0. The van der Waals surface area contributed by atoms with Crippen LogP contribution in [0.15, 0.2) is 77.7 Å². The molecule has 1 aliphatic rings. The van der Waals surface area contributed by atoms with Crippen molar-refractivity contribution in [2.45, 2.75) is 4.90 Å². The summed E-state index contributed by atoms with van der Waals surface area (Å²) in [5.41, 5.74) is 0.329. The standard InChI is InChI=1S/C21H13FN2O6S/c22-14-7-9-15(10-8-14)23-31(28,29)16-11-5-13(6-12-16)21(27)30-24-19(25)17-3-1-2-4-18(17)20(24)26/h1-12,23H. The van der Waals surface area contributed by atoms with Crippen molar-refractivity contribution in [3.63, 3.8) is 0 Å². The second kappa shape index (κ2) is 7.65. The molecule has 156 valence electrons. The van der Waals surface area contributed by atoms with Crippen molar-refractivity contribution >= 4 is 33.5 Å². The van der Waals surface area contributed by atoms with E-state index in [0.29, 0.717) is 5.06 Å². The van der Waals surface area contributed by atoms with E-state index in [4.69, 9.17) is 4.84 Å². The quantitative estimate of drug-likeness (QED) is 0.611. The van der Waals surface area contributed by atoms with Crippen LogP contribution in [0, 0.1) is 5.82 Å². The molecule has 0 bridgehead atoms. The first-order valence-electron chi connectivity index (χ1n) is 8.85. The fourth-order valence-corrected chi connectivity index (χ4v) is 3.95. The Hall–Kier alpha value is -4.05. The molecule has 0 atom stereocenters. The molecule has 0 fully saturated rings. The number of carbonyl (C=O) groups is 3. The molecule has 0 radical (unpaired) electrons. The van der Waals surface area contributed by atoms with Crippen molar-refractivity contribution in [2.75, 3.05) is 4.72 Å². The zero-order chi connectivity index (χ0) is 22.2. The minimum Gasteiger partial charge on any atom is -0.324 e. The highest BCUT2D eigenvalue weighted by molar-refractivity contribution is 7.92. The number of hydrogen-bond donors (Lipinski definition) is 1. The van der Waals surface area contributed by atoms with Gasteiger partial charge in [0.15, 0.2) is 0 Å². The molecule has 3 aromatic rings. The molecule has 0 aliphatic carbocycles. The van der Waals surface area contributed by atoms with Crippen LogP contribution in [0.5, 0.6) is 0 Å². The van der Waals surface area contributed by atoms with Crippen molar-refractivity contribution < 1.29 is 32.0 Å². The number of halogens is 1. The van der Waals surface area contributed by atoms with Crippen LogP contribution >= 0.6 is 0 Å². The van der Waals surface area contributed by atoms with Crippen LogP contribution in [0.25, 0.3) is 0 Å². The van der Waals surface area contributed by atoms with Crippen molar-refractivity contribution in [1.82, 2.24) is 5.06 Å². The largest absolute Gasteiger partial charge is 0.363 e.